The molecule has 1 aliphatic carbocycles. The highest BCUT2D eigenvalue weighted by atomic mass is 16.7. The molecule has 2 heterocycles. The molecule has 0 radical (unpaired) electrons. The summed E-state index contributed by atoms with van der Waals surface area (Å²) in [7, 11) is 0. The maximum absolute atomic E-state index is 12.6. The van der Waals surface area contributed by atoms with Gasteiger partial charge in [-0.05, 0) is 42.4 Å². The standard InChI is InChI=1S/C19H29N5O3/c1-2-17-21-18(23-27-17)13-3-5-14-12(11-13)4-6-15(14)20-19(26)16-7-8-24(22-16)9-10-25/h3,5,11,15-18,21-23,25H,2,4,6-10H2,1H3,(H,20,26)/t15-,16?,17?,18?/m1/s1. The van der Waals surface area contributed by atoms with Crippen LogP contribution in [-0.4, -0.2) is 48.0 Å². The highest BCUT2D eigenvalue weighted by molar-refractivity contribution is 5.82. The molecule has 8 heteroatoms. The van der Waals surface area contributed by atoms with E-state index in [2.05, 4.69) is 46.7 Å². The van der Waals surface area contributed by atoms with E-state index in [0.717, 1.165) is 37.8 Å². The molecule has 3 aliphatic rings. The van der Waals surface area contributed by atoms with Crippen LogP contribution in [0.5, 0.6) is 0 Å². The van der Waals surface area contributed by atoms with Crippen LogP contribution in [0.2, 0.25) is 0 Å². The van der Waals surface area contributed by atoms with Gasteiger partial charge in [0.05, 0.1) is 12.6 Å². The first-order chi connectivity index (χ1) is 13.2. The predicted molar refractivity (Wildman–Crippen MR) is 100 cm³/mol. The summed E-state index contributed by atoms with van der Waals surface area (Å²) in [6.45, 7) is 3.50. The molecule has 0 spiro atoms. The van der Waals surface area contributed by atoms with E-state index in [1.165, 1.54) is 11.1 Å². The minimum Gasteiger partial charge on any atom is -0.395 e. The van der Waals surface area contributed by atoms with Crippen molar-refractivity contribution in [1.29, 1.82) is 0 Å². The third-order valence-electron chi connectivity index (χ3n) is 5.66. The van der Waals surface area contributed by atoms with E-state index in [-0.39, 0.29) is 37.0 Å². The average Bonchev–Trinajstić information content (AvgIpc) is 3.41. The third-order valence-corrected chi connectivity index (χ3v) is 5.66. The van der Waals surface area contributed by atoms with Gasteiger partial charge in [0, 0.05) is 13.1 Å². The van der Waals surface area contributed by atoms with E-state index < -0.39 is 0 Å². The van der Waals surface area contributed by atoms with Crippen molar-refractivity contribution in [1.82, 2.24) is 26.5 Å². The van der Waals surface area contributed by atoms with Crippen LogP contribution in [0.1, 0.15) is 55.1 Å². The Hall–Kier alpha value is -1.55. The van der Waals surface area contributed by atoms with Crippen molar-refractivity contribution in [3.05, 3.63) is 34.9 Å². The van der Waals surface area contributed by atoms with Crippen molar-refractivity contribution in [3.8, 4) is 0 Å². The molecule has 2 fully saturated rings. The van der Waals surface area contributed by atoms with Crippen molar-refractivity contribution in [2.75, 3.05) is 19.7 Å². The molecule has 5 N–H and O–H groups in total. The molecule has 1 aromatic carbocycles. The quantitative estimate of drug-likeness (QED) is 0.485. The molecular formula is C19H29N5O3. The molecule has 2 saturated heterocycles. The molecule has 4 atom stereocenters. The number of carbonyl (C=O) groups is 1. The average molecular weight is 375 g/mol. The summed E-state index contributed by atoms with van der Waals surface area (Å²) < 4.78 is 0. The number of hydrogen-bond acceptors (Lipinski definition) is 7. The van der Waals surface area contributed by atoms with Gasteiger partial charge in [-0.1, -0.05) is 25.1 Å². The number of aliphatic hydroxyl groups is 1. The Labute approximate surface area is 159 Å². The highest BCUT2D eigenvalue weighted by Gasteiger charge is 2.32. The van der Waals surface area contributed by atoms with Gasteiger partial charge >= 0.3 is 0 Å². The first kappa shape index (κ1) is 18.8. The number of hydrazine groups is 1. The number of aliphatic hydroxyl groups excluding tert-OH is 1. The van der Waals surface area contributed by atoms with Crippen molar-refractivity contribution in [3.63, 3.8) is 0 Å². The lowest BCUT2D eigenvalue weighted by molar-refractivity contribution is -0.124. The molecule has 2 aliphatic heterocycles. The van der Waals surface area contributed by atoms with Crippen LogP contribution in [0.15, 0.2) is 18.2 Å². The van der Waals surface area contributed by atoms with Crippen molar-refractivity contribution >= 4 is 5.91 Å². The number of amides is 1. The van der Waals surface area contributed by atoms with Crippen molar-refractivity contribution in [2.24, 2.45) is 0 Å². The third kappa shape index (κ3) is 4.01. The number of hydrogen-bond donors (Lipinski definition) is 5. The normalized spacial score (nSPS) is 30.6. The molecule has 3 unspecified atom stereocenters. The van der Waals surface area contributed by atoms with Crippen LogP contribution in [0.25, 0.3) is 0 Å². The minimum absolute atomic E-state index is 0.00841. The number of nitrogens with one attached hydrogen (secondary N) is 4. The predicted octanol–water partition coefficient (Wildman–Crippen LogP) is 0.220. The number of nitrogens with zero attached hydrogens (tertiary/aromatic N) is 1. The van der Waals surface area contributed by atoms with Crippen LogP contribution in [-0.2, 0) is 16.1 Å². The fourth-order valence-corrected chi connectivity index (χ4v) is 4.13. The minimum atomic E-state index is -0.213. The second-order valence-electron chi connectivity index (χ2n) is 7.47. The van der Waals surface area contributed by atoms with Gasteiger partial charge in [0.1, 0.15) is 18.4 Å². The zero-order chi connectivity index (χ0) is 18.8. The van der Waals surface area contributed by atoms with Gasteiger partial charge in [0.2, 0.25) is 5.91 Å². The zero-order valence-electron chi connectivity index (χ0n) is 15.7. The molecule has 4 rings (SSSR count). The Morgan fingerprint density at radius 1 is 1.41 bits per heavy atom. The lowest BCUT2D eigenvalue weighted by Gasteiger charge is -2.20. The van der Waals surface area contributed by atoms with Crippen molar-refractivity contribution in [2.45, 2.75) is 57.1 Å². The lowest BCUT2D eigenvalue weighted by atomic mass is 10.0. The number of fused-ring (bicyclic) bond motifs is 1. The van der Waals surface area contributed by atoms with E-state index >= 15 is 0 Å². The molecular weight excluding hydrogens is 346 g/mol. The SMILES string of the molecule is CCC1NC(c2ccc3c(c2)CC[C@H]3NC(=O)C2CCN(CCO)N2)NO1. The lowest BCUT2D eigenvalue weighted by Crippen LogP contribution is -2.46. The monoisotopic (exact) mass is 375 g/mol. The van der Waals surface area contributed by atoms with Crippen LogP contribution < -0.4 is 21.5 Å². The topological polar surface area (TPSA) is 97.9 Å². The van der Waals surface area contributed by atoms with Crippen LogP contribution >= 0.6 is 0 Å². The molecule has 148 valence electrons. The number of β-amino-alcohol motifs (C(OH)–C–C–N with tert-alkyl or cyclic N) is 1. The summed E-state index contributed by atoms with van der Waals surface area (Å²) in [6.07, 6.45) is 3.62. The molecule has 1 aromatic rings. The summed E-state index contributed by atoms with van der Waals surface area (Å²) in [5.41, 5.74) is 9.89. The van der Waals surface area contributed by atoms with Gasteiger partial charge < -0.3 is 10.4 Å². The summed E-state index contributed by atoms with van der Waals surface area (Å²) in [5.74, 6) is 0.0377. The van der Waals surface area contributed by atoms with Gasteiger partial charge in [-0.15, -0.1) is 0 Å². The van der Waals surface area contributed by atoms with E-state index in [1.807, 2.05) is 5.01 Å². The zero-order valence-corrected chi connectivity index (χ0v) is 15.7. The summed E-state index contributed by atoms with van der Waals surface area (Å²) in [5, 5.41) is 17.5. The van der Waals surface area contributed by atoms with E-state index in [4.69, 9.17) is 9.94 Å². The number of carbonyl (C=O) groups excluding carboxylic acids is 1. The summed E-state index contributed by atoms with van der Waals surface area (Å²) >= 11 is 0. The summed E-state index contributed by atoms with van der Waals surface area (Å²) in [4.78, 5) is 18.1. The highest BCUT2D eigenvalue weighted by Crippen LogP contribution is 2.33. The number of hydroxylamine groups is 1. The number of benzene rings is 1. The Balaban J connectivity index is 1.37. The van der Waals surface area contributed by atoms with Gasteiger partial charge in [-0.25, -0.2) is 10.4 Å². The van der Waals surface area contributed by atoms with E-state index in [1.54, 1.807) is 0 Å². The van der Waals surface area contributed by atoms with Gasteiger partial charge in [-0.2, -0.15) is 5.48 Å². The van der Waals surface area contributed by atoms with Crippen LogP contribution in [0, 0.1) is 0 Å². The Morgan fingerprint density at radius 2 is 2.30 bits per heavy atom. The fourth-order valence-electron chi connectivity index (χ4n) is 4.13. The number of aryl methyl sites for hydroxylation is 1. The molecule has 1 amide bonds. The fraction of sp³-hybridized carbons (Fsp3) is 0.632. The summed E-state index contributed by atoms with van der Waals surface area (Å²) in [6, 6.07) is 6.30. The van der Waals surface area contributed by atoms with Gasteiger partial charge in [-0.3, -0.25) is 14.9 Å². The Kier molecular flexibility index (Phi) is 5.72. The first-order valence-electron chi connectivity index (χ1n) is 9.90. The number of rotatable bonds is 6. The Morgan fingerprint density at radius 3 is 3.07 bits per heavy atom. The molecule has 0 aromatic heterocycles. The maximum Gasteiger partial charge on any atom is 0.239 e. The largest absolute Gasteiger partial charge is 0.395 e. The molecule has 27 heavy (non-hydrogen) atoms. The molecule has 8 nitrogen and oxygen atoms in total. The second-order valence-corrected chi connectivity index (χ2v) is 7.47. The van der Waals surface area contributed by atoms with Gasteiger partial charge in [0.15, 0.2) is 0 Å². The Bertz CT molecular complexity index is 685. The van der Waals surface area contributed by atoms with Gasteiger partial charge in [0.25, 0.3) is 0 Å². The van der Waals surface area contributed by atoms with Crippen LogP contribution in [0.4, 0.5) is 0 Å². The van der Waals surface area contributed by atoms with Crippen LogP contribution in [0.3, 0.4) is 0 Å². The molecule has 0 bridgehead atoms. The van der Waals surface area contributed by atoms with Crippen molar-refractivity contribution < 1.29 is 14.7 Å². The van der Waals surface area contributed by atoms with E-state index in [9.17, 15) is 4.79 Å². The molecule has 0 saturated carbocycles. The smallest absolute Gasteiger partial charge is 0.239 e. The second kappa shape index (κ2) is 8.22. The first-order valence-corrected chi connectivity index (χ1v) is 9.90. The maximum atomic E-state index is 12.6. The van der Waals surface area contributed by atoms with E-state index in [0.29, 0.717) is 6.54 Å².